The van der Waals surface area contributed by atoms with Gasteiger partial charge >= 0.3 is 0 Å². The summed E-state index contributed by atoms with van der Waals surface area (Å²) in [4.78, 5) is 14.9. The highest BCUT2D eigenvalue weighted by Gasteiger charge is 2.35. The van der Waals surface area contributed by atoms with Crippen LogP contribution in [0.5, 0.6) is 5.75 Å². The molecular formula is C19H23N3O2. The van der Waals surface area contributed by atoms with Gasteiger partial charge in [0, 0.05) is 37.3 Å². The van der Waals surface area contributed by atoms with Crippen LogP contribution in [0.25, 0.3) is 0 Å². The van der Waals surface area contributed by atoms with Crippen molar-refractivity contribution >= 4 is 5.91 Å². The normalized spacial score (nSPS) is 23.0. The maximum absolute atomic E-state index is 12.9. The van der Waals surface area contributed by atoms with Gasteiger partial charge in [0.2, 0.25) is 0 Å². The summed E-state index contributed by atoms with van der Waals surface area (Å²) in [7, 11) is 0. The Labute approximate surface area is 142 Å². The summed E-state index contributed by atoms with van der Waals surface area (Å²) in [6.07, 6.45) is 4.20. The van der Waals surface area contributed by atoms with E-state index in [1.807, 2.05) is 11.0 Å². The minimum absolute atomic E-state index is 0.116. The van der Waals surface area contributed by atoms with E-state index in [9.17, 15) is 4.79 Å². The molecule has 1 N–H and O–H groups in total. The van der Waals surface area contributed by atoms with Gasteiger partial charge in [-0.25, -0.2) is 0 Å². The third-order valence-corrected chi connectivity index (χ3v) is 5.32. The molecule has 126 valence electrons. The van der Waals surface area contributed by atoms with Crippen LogP contribution >= 0.6 is 0 Å². The molecule has 3 heterocycles. The molecular weight excluding hydrogens is 302 g/mol. The first-order chi connectivity index (χ1) is 11.6. The van der Waals surface area contributed by atoms with E-state index in [4.69, 9.17) is 4.74 Å². The molecule has 0 bridgehead atoms. The highest BCUT2D eigenvalue weighted by Crippen LogP contribution is 2.33. The number of piperidine rings is 1. The Balaban J connectivity index is 1.46. The number of carbonyl (C=O) groups is 1. The molecule has 0 aliphatic carbocycles. The van der Waals surface area contributed by atoms with Crippen LogP contribution in [0.2, 0.25) is 0 Å². The molecule has 2 aliphatic heterocycles. The van der Waals surface area contributed by atoms with Crippen molar-refractivity contribution in [2.45, 2.75) is 45.1 Å². The molecule has 1 aromatic heterocycles. The number of hydrogen-bond donors (Lipinski definition) is 1. The van der Waals surface area contributed by atoms with Crippen molar-refractivity contribution < 1.29 is 9.53 Å². The number of rotatable bonds is 2. The van der Waals surface area contributed by atoms with Crippen molar-refractivity contribution in [2.24, 2.45) is 0 Å². The van der Waals surface area contributed by atoms with Gasteiger partial charge in [-0.1, -0.05) is 6.07 Å². The number of H-pyrrole nitrogens is 1. The monoisotopic (exact) mass is 325 g/mol. The lowest BCUT2D eigenvalue weighted by molar-refractivity contribution is -0.139. The van der Waals surface area contributed by atoms with E-state index < -0.39 is 0 Å². The standard InChI is InChI=1S/C19H23N3O2/c1-12-8-15-10-18(24-17(15)9-13(12)2)19(23)22-7-3-4-14(11-22)16-5-6-20-21-16/h5-6,8-9,14,18H,3-4,7,10-11H2,1-2H3,(H,20,21)/t14-,18+/m0/s1. The highest BCUT2D eigenvalue weighted by atomic mass is 16.5. The second kappa shape index (κ2) is 5.96. The number of likely N-dealkylation sites (tertiary alicyclic amines) is 1. The number of amides is 1. The fourth-order valence-electron chi connectivity index (χ4n) is 3.78. The third-order valence-electron chi connectivity index (χ3n) is 5.32. The Bertz CT molecular complexity index is 723. The Hall–Kier alpha value is -2.30. The lowest BCUT2D eigenvalue weighted by Gasteiger charge is -2.33. The smallest absolute Gasteiger partial charge is 0.264 e. The lowest BCUT2D eigenvalue weighted by atomic mass is 9.94. The van der Waals surface area contributed by atoms with E-state index in [-0.39, 0.29) is 12.0 Å². The minimum atomic E-state index is -0.373. The number of nitrogens with one attached hydrogen (secondary N) is 1. The molecule has 0 saturated carbocycles. The summed E-state index contributed by atoms with van der Waals surface area (Å²) in [5.74, 6) is 1.34. The largest absolute Gasteiger partial charge is 0.480 e. The Kier molecular flexibility index (Phi) is 3.79. The van der Waals surface area contributed by atoms with E-state index in [2.05, 4.69) is 36.2 Å². The SMILES string of the molecule is Cc1cc2c(cc1C)O[C@@H](C(=O)N1CCC[C@H](c3ccn[nH]3)C1)C2. The molecule has 0 unspecified atom stereocenters. The number of hydrogen-bond acceptors (Lipinski definition) is 3. The fourth-order valence-corrected chi connectivity index (χ4v) is 3.78. The van der Waals surface area contributed by atoms with Gasteiger partial charge in [0.25, 0.3) is 5.91 Å². The van der Waals surface area contributed by atoms with Gasteiger partial charge in [-0.05, 0) is 55.5 Å². The highest BCUT2D eigenvalue weighted by molar-refractivity contribution is 5.83. The van der Waals surface area contributed by atoms with Crippen LogP contribution < -0.4 is 4.74 Å². The van der Waals surface area contributed by atoms with Crippen LogP contribution in [0.1, 0.15) is 41.1 Å². The quantitative estimate of drug-likeness (QED) is 0.923. The molecule has 24 heavy (non-hydrogen) atoms. The van der Waals surface area contributed by atoms with Crippen LogP contribution in [0, 0.1) is 13.8 Å². The van der Waals surface area contributed by atoms with E-state index in [0.29, 0.717) is 12.3 Å². The fraction of sp³-hybridized carbons (Fsp3) is 0.474. The van der Waals surface area contributed by atoms with Crippen molar-refractivity contribution in [3.63, 3.8) is 0 Å². The average Bonchev–Trinajstić information content (AvgIpc) is 3.24. The van der Waals surface area contributed by atoms with Crippen molar-refractivity contribution in [1.29, 1.82) is 0 Å². The van der Waals surface area contributed by atoms with E-state index >= 15 is 0 Å². The lowest BCUT2D eigenvalue weighted by Crippen LogP contribution is -2.46. The number of ether oxygens (including phenoxy) is 1. The molecule has 5 nitrogen and oxygen atoms in total. The Morgan fingerprint density at radius 2 is 2.17 bits per heavy atom. The topological polar surface area (TPSA) is 58.2 Å². The molecule has 1 aromatic carbocycles. The zero-order valence-corrected chi connectivity index (χ0v) is 14.2. The molecule has 5 heteroatoms. The number of aromatic amines is 1. The molecule has 2 aliphatic rings. The van der Waals surface area contributed by atoms with Crippen molar-refractivity contribution in [2.75, 3.05) is 13.1 Å². The van der Waals surface area contributed by atoms with Crippen molar-refractivity contribution in [3.8, 4) is 5.75 Å². The molecule has 2 atom stereocenters. The average molecular weight is 325 g/mol. The molecule has 1 saturated heterocycles. The summed E-state index contributed by atoms with van der Waals surface area (Å²) >= 11 is 0. The summed E-state index contributed by atoms with van der Waals surface area (Å²) < 4.78 is 5.97. The first-order valence-corrected chi connectivity index (χ1v) is 8.66. The molecule has 1 amide bonds. The number of benzene rings is 1. The zero-order valence-electron chi connectivity index (χ0n) is 14.2. The minimum Gasteiger partial charge on any atom is -0.480 e. The molecule has 2 aromatic rings. The zero-order chi connectivity index (χ0) is 16.7. The van der Waals surface area contributed by atoms with Gasteiger partial charge in [0.1, 0.15) is 5.75 Å². The van der Waals surface area contributed by atoms with Crippen molar-refractivity contribution in [1.82, 2.24) is 15.1 Å². The summed E-state index contributed by atoms with van der Waals surface area (Å²) in [5.41, 5.74) is 4.73. The molecule has 4 rings (SSSR count). The second-order valence-electron chi connectivity index (χ2n) is 6.99. The van der Waals surface area contributed by atoms with E-state index in [1.54, 1.807) is 6.20 Å². The van der Waals surface area contributed by atoms with E-state index in [1.165, 1.54) is 11.1 Å². The third kappa shape index (κ3) is 2.68. The number of aryl methyl sites for hydroxylation is 2. The summed E-state index contributed by atoms with van der Waals surface area (Å²) in [6, 6.07) is 6.22. The van der Waals surface area contributed by atoms with E-state index in [0.717, 1.165) is 42.9 Å². The number of aromatic nitrogens is 2. The first-order valence-electron chi connectivity index (χ1n) is 8.66. The number of fused-ring (bicyclic) bond motifs is 1. The summed E-state index contributed by atoms with van der Waals surface area (Å²) in [5, 5.41) is 7.08. The Morgan fingerprint density at radius 3 is 2.96 bits per heavy atom. The van der Waals surface area contributed by atoms with Gasteiger partial charge in [0.05, 0.1) is 0 Å². The van der Waals surface area contributed by atoms with Crippen LogP contribution in [0.3, 0.4) is 0 Å². The van der Waals surface area contributed by atoms with Gasteiger partial charge in [-0.3, -0.25) is 9.89 Å². The van der Waals surface area contributed by atoms with Crippen LogP contribution in [-0.2, 0) is 11.2 Å². The first kappa shape index (κ1) is 15.2. The second-order valence-corrected chi connectivity index (χ2v) is 6.99. The Morgan fingerprint density at radius 1 is 1.33 bits per heavy atom. The van der Waals surface area contributed by atoms with Crippen LogP contribution in [0.4, 0.5) is 0 Å². The number of carbonyl (C=O) groups excluding carboxylic acids is 1. The van der Waals surface area contributed by atoms with Gasteiger partial charge in [0.15, 0.2) is 6.10 Å². The van der Waals surface area contributed by atoms with Gasteiger partial charge in [-0.15, -0.1) is 0 Å². The van der Waals surface area contributed by atoms with Crippen molar-refractivity contribution in [3.05, 3.63) is 46.8 Å². The number of nitrogens with zero attached hydrogens (tertiary/aromatic N) is 2. The van der Waals surface area contributed by atoms with Gasteiger partial charge < -0.3 is 9.64 Å². The van der Waals surface area contributed by atoms with Gasteiger partial charge in [-0.2, -0.15) is 5.10 Å². The molecule has 0 spiro atoms. The predicted octanol–water partition coefficient (Wildman–Crippen LogP) is 2.74. The maximum Gasteiger partial charge on any atom is 0.264 e. The molecule has 1 fully saturated rings. The summed E-state index contributed by atoms with van der Waals surface area (Å²) in [6.45, 7) is 5.74. The van der Waals surface area contributed by atoms with Crippen LogP contribution in [-0.4, -0.2) is 40.2 Å². The molecule has 0 radical (unpaired) electrons. The maximum atomic E-state index is 12.9. The predicted molar refractivity (Wildman–Crippen MR) is 91.2 cm³/mol. The van der Waals surface area contributed by atoms with Crippen LogP contribution in [0.15, 0.2) is 24.4 Å².